The number of amides is 1. The number of hydrogen-bond donors (Lipinski definition) is 2. The zero-order valence-corrected chi connectivity index (χ0v) is 8.78. The molecule has 0 bridgehead atoms. The fraction of sp³-hybridized carbons (Fsp3) is 0.875. The van der Waals surface area contributed by atoms with E-state index < -0.39 is 12.0 Å². The third-order valence-corrected chi connectivity index (χ3v) is 1.55. The highest BCUT2D eigenvalue weighted by molar-refractivity contribution is 5.80. The summed E-state index contributed by atoms with van der Waals surface area (Å²) in [5.74, 6) is 4.58. The summed E-state index contributed by atoms with van der Waals surface area (Å²) in [6.07, 6.45) is -0.882. The summed E-state index contributed by atoms with van der Waals surface area (Å²) in [5.41, 5.74) is 2.01. The molecule has 0 radical (unpaired) electrons. The molecule has 6 nitrogen and oxygen atoms in total. The molecule has 0 aliphatic rings. The second kappa shape index (κ2) is 7.69. The molecule has 0 saturated heterocycles. The first-order valence-corrected chi connectivity index (χ1v) is 4.29. The highest BCUT2D eigenvalue weighted by atomic mass is 16.6. The first kappa shape index (κ1) is 13.3. The number of rotatable bonds is 7. The van der Waals surface area contributed by atoms with E-state index in [1.54, 1.807) is 14.0 Å². The van der Waals surface area contributed by atoms with Crippen LogP contribution in [-0.4, -0.2) is 45.5 Å². The Morgan fingerprint density at radius 3 is 2.36 bits per heavy atom. The van der Waals surface area contributed by atoms with E-state index in [9.17, 15) is 4.79 Å². The minimum absolute atomic E-state index is 0.164. The van der Waals surface area contributed by atoms with Crippen LogP contribution in [0.1, 0.15) is 6.92 Å². The van der Waals surface area contributed by atoms with Crippen molar-refractivity contribution in [1.29, 1.82) is 0 Å². The Hall–Kier alpha value is -0.690. The summed E-state index contributed by atoms with van der Waals surface area (Å²) in [4.78, 5) is 11.2. The number of hydrogen-bond acceptors (Lipinski definition) is 5. The molecule has 1 amide bonds. The Kier molecular flexibility index (Phi) is 7.31. The standard InChI is InChI=1S/C8H18N2O4/c1-6(4-12-2)14-7(5-13-3)8(11)10-9/h6-7H,4-5,9H2,1-3H3,(H,10,11). The average molecular weight is 206 g/mol. The second-order valence-corrected chi connectivity index (χ2v) is 2.85. The molecule has 0 rings (SSSR count). The predicted octanol–water partition coefficient (Wildman–Crippen LogP) is -0.957. The van der Waals surface area contributed by atoms with Gasteiger partial charge in [0, 0.05) is 14.2 Å². The van der Waals surface area contributed by atoms with Crippen LogP contribution in [0.25, 0.3) is 0 Å². The number of nitrogens with one attached hydrogen (secondary N) is 1. The maximum Gasteiger partial charge on any atom is 0.265 e. The SMILES string of the molecule is COCC(C)OC(COC)C(=O)NN. The van der Waals surface area contributed by atoms with Gasteiger partial charge in [-0.2, -0.15) is 0 Å². The molecular formula is C8H18N2O4. The Morgan fingerprint density at radius 2 is 1.93 bits per heavy atom. The van der Waals surface area contributed by atoms with Crippen LogP contribution in [0, 0.1) is 0 Å². The minimum Gasteiger partial charge on any atom is -0.382 e. The topological polar surface area (TPSA) is 82.8 Å². The summed E-state index contributed by atoms with van der Waals surface area (Å²) in [6, 6.07) is 0. The van der Waals surface area contributed by atoms with Gasteiger partial charge in [0.1, 0.15) is 0 Å². The fourth-order valence-electron chi connectivity index (χ4n) is 0.976. The molecular weight excluding hydrogens is 188 g/mol. The summed E-state index contributed by atoms with van der Waals surface area (Å²) in [7, 11) is 3.05. The molecule has 0 aromatic heterocycles. The molecule has 0 spiro atoms. The van der Waals surface area contributed by atoms with Gasteiger partial charge in [0.05, 0.1) is 19.3 Å². The number of carbonyl (C=O) groups is 1. The van der Waals surface area contributed by atoms with E-state index >= 15 is 0 Å². The Morgan fingerprint density at radius 1 is 1.36 bits per heavy atom. The molecule has 0 aromatic rings. The number of ether oxygens (including phenoxy) is 3. The zero-order valence-electron chi connectivity index (χ0n) is 8.78. The molecule has 0 aliphatic heterocycles. The average Bonchev–Trinajstić information content (AvgIpc) is 2.16. The van der Waals surface area contributed by atoms with Crippen molar-refractivity contribution < 1.29 is 19.0 Å². The van der Waals surface area contributed by atoms with E-state index in [4.69, 9.17) is 20.1 Å². The molecule has 84 valence electrons. The van der Waals surface area contributed by atoms with E-state index in [0.717, 1.165) is 0 Å². The maximum absolute atomic E-state index is 11.2. The van der Waals surface area contributed by atoms with Gasteiger partial charge < -0.3 is 14.2 Å². The Balaban J connectivity index is 4.01. The van der Waals surface area contributed by atoms with Gasteiger partial charge in [-0.15, -0.1) is 0 Å². The van der Waals surface area contributed by atoms with E-state index in [-0.39, 0.29) is 12.7 Å². The van der Waals surface area contributed by atoms with Crippen LogP contribution < -0.4 is 11.3 Å². The van der Waals surface area contributed by atoms with Crippen molar-refractivity contribution in [2.75, 3.05) is 27.4 Å². The summed E-state index contributed by atoms with van der Waals surface area (Å²) >= 11 is 0. The lowest BCUT2D eigenvalue weighted by atomic mass is 10.3. The molecule has 0 aliphatic carbocycles. The molecule has 0 fully saturated rings. The fourth-order valence-corrected chi connectivity index (χ4v) is 0.976. The van der Waals surface area contributed by atoms with Gasteiger partial charge >= 0.3 is 0 Å². The van der Waals surface area contributed by atoms with Crippen molar-refractivity contribution >= 4 is 5.91 Å². The van der Waals surface area contributed by atoms with Crippen LogP contribution in [0.15, 0.2) is 0 Å². The predicted molar refractivity (Wildman–Crippen MR) is 50.4 cm³/mol. The molecule has 2 unspecified atom stereocenters. The van der Waals surface area contributed by atoms with Crippen molar-refractivity contribution in [2.24, 2.45) is 5.84 Å². The Bertz CT molecular complexity index is 165. The molecule has 14 heavy (non-hydrogen) atoms. The van der Waals surface area contributed by atoms with Gasteiger partial charge in [-0.1, -0.05) is 0 Å². The maximum atomic E-state index is 11.2. The number of carbonyl (C=O) groups excluding carboxylic acids is 1. The molecule has 3 N–H and O–H groups in total. The monoisotopic (exact) mass is 206 g/mol. The second-order valence-electron chi connectivity index (χ2n) is 2.85. The summed E-state index contributed by atoms with van der Waals surface area (Å²) < 4.78 is 15.0. The number of hydrazine groups is 1. The van der Waals surface area contributed by atoms with Crippen LogP contribution >= 0.6 is 0 Å². The third kappa shape index (κ3) is 5.13. The highest BCUT2D eigenvalue weighted by Gasteiger charge is 2.20. The largest absolute Gasteiger partial charge is 0.382 e. The molecule has 0 heterocycles. The van der Waals surface area contributed by atoms with Crippen LogP contribution in [0.2, 0.25) is 0 Å². The first-order chi connectivity index (χ1) is 6.65. The van der Waals surface area contributed by atoms with Crippen molar-refractivity contribution in [3.63, 3.8) is 0 Å². The zero-order chi connectivity index (χ0) is 11.0. The lowest BCUT2D eigenvalue weighted by Gasteiger charge is -2.19. The first-order valence-electron chi connectivity index (χ1n) is 4.29. The number of nitrogens with two attached hydrogens (primary N) is 1. The van der Waals surface area contributed by atoms with E-state index in [2.05, 4.69) is 0 Å². The normalized spacial score (nSPS) is 14.9. The van der Waals surface area contributed by atoms with Crippen molar-refractivity contribution in [3.05, 3.63) is 0 Å². The van der Waals surface area contributed by atoms with E-state index in [0.29, 0.717) is 6.61 Å². The lowest BCUT2D eigenvalue weighted by Crippen LogP contribution is -2.44. The van der Waals surface area contributed by atoms with E-state index in [1.165, 1.54) is 7.11 Å². The van der Waals surface area contributed by atoms with Crippen LogP contribution in [0.3, 0.4) is 0 Å². The molecule has 6 heteroatoms. The van der Waals surface area contributed by atoms with Crippen molar-refractivity contribution in [3.8, 4) is 0 Å². The summed E-state index contributed by atoms with van der Waals surface area (Å²) in [6.45, 7) is 2.38. The van der Waals surface area contributed by atoms with Crippen LogP contribution in [0.4, 0.5) is 0 Å². The lowest BCUT2D eigenvalue weighted by molar-refractivity contribution is -0.142. The minimum atomic E-state index is -0.699. The van der Waals surface area contributed by atoms with Crippen molar-refractivity contribution in [1.82, 2.24) is 5.43 Å². The quantitative estimate of drug-likeness (QED) is 0.318. The van der Waals surface area contributed by atoms with Gasteiger partial charge in [-0.3, -0.25) is 10.2 Å². The smallest absolute Gasteiger partial charge is 0.265 e. The molecule has 0 aromatic carbocycles. The Labute approximate surface area is 83.7 Å². The summed E-state index contributed by atoms with van der Waals surface area (Å²) in [5, 5.41) is 0. The van der Waals surface area contributed by atoms with E-state index in [1.807, 2.05) is 5.43 Å². The van der Waals surface area contributed by atoms with Gasteiger partial charge in [0.15, 0.2) is 6.10 Å². The number of methoxy groups -OCH3 is 2. The van der Waals surface area contributed by atoms with Gasteiger partial charge in [-0.05, 0) is 6.92 Å². The molecule has 2 atom stereocenters. The third-order valence-electron chi connectivity index (χ3n) is 1.55. The van der Waals surface area contributed by atoms with Crippen LogP contribution in [-0.2, 0) is 19.0 Å². The molecule has 0 saturated carbocycles. The van der Waals surface area contributed by atoms with Crippen molar-refractivity contribution in [2.45, 2.75) is 19.1 Å². The van der Waals surface area contributed by atoms with Gasteiger partial charge in [0.2, 0.25) is 0 Å². The highest BCUT2D eigenvalue weighted by Crippen LogP contribution is 2.00. The van der Waals surface area contributed by atoms with Gasteiger partial charge in [-0.25, -0.2) is 5.84 Å². The van der Waals surface area contributed by atoms with Gasteiger partial charge in [0.25, 0.3) is 5.91 Å². The van der Waals surface area contributed by atoms with Crippen LogP contribution in [0.5, 0.6) is 0 Å².